The zero-order valence-electron chi connectivity index (χ0n) is 12.5. The number of ether oxygens (including phenoxy) is 1. The van der Waals surface area contributed by atoms with Crippen LogP contribution in [-0.4, -0.2) is 36.0 Å². The molecule has 0 amide bonds. The molecule has 2 N–H and O–H groups in total. The van der Waals surface area contributed by atoms with Gasteiger partial charge in [-0.25, -0.2) is 0 Å². The summed E-state index contributed by atoms with van der Waals surface area (Å²) < 4.78 is 5.80. The van der Waals surface area contributed by atoms with E-state index >= 15 is 0 Å². The van der Waals surface area contributed by atoms with Gasteiger partial charge in [-0.2, -0.15) is 0 Å². The lowest BCUT2D eigenvalue weighted by atomic mass is 9.89. The van der Waals surface area contributed by atoms with Crippen LogP contribution in [0.5, 0.6) is 0 Å². The third-order valence-corrected chi connectivity index (χ3v) is 4.19. The summed E-state index contributed by atoms with van der Waals surface area (Å²) in [6, 6.07) is 0. The quantitative estimate of drug-likeness (QED) is 0.737. The van der Waals surface area contributed by atoms with Crippen molar-refractivity contribution in [3.63, 3.8) is 0 Å². The van der Waals surface area contributed by atoms with Crippen LogP contribution in [0.1, 0.15) is 59.8 Å². The van der Waals surface area contributed by atoms with E-state index in [2.05, 4.69) is 33.0 Å². The zero-order chi connectivity index (χ0) is 13.6. The summed E-state index contributed by atoms with van der Waals surface area (Å²) in [6.45, 7) is 9.85. The molecule has 0 saturated heterocycles. The molecule has 18 heavy (non-hydrogen) atoms. The number of rotatable bonds is 7. The summed E-state index contributed by atoms with van der Waals surface area (Å²) in [7, 11) is 0. The fourth-order valence-corrected chi connectivity index (χ4v) is 2.22. The Bertz CT molecular complexity index is 223. The highest BCUT2D eigenvalue weighted by Crippen LogP contribution is 2.25. The molecule has 3 nitrogen and oxygen atoms in total. The van der Waals surface area contributed by atoms with E-state index in [1.807, 2.05) is 0 Å². The lowest BCUT2D eigenvalue weighted by molar-refractivity contribution is -0.0293. The fraction of sp³-hybridized carbons (Fsp3) is 1.00. The number of aliphatic hydroxyl groups excluding tert-OH is 1. The summed E-state index contributed by atoms with van der Waals surface area (Å²) in [5, 5.41) is 13.3. The zero-order valence-corrected chi connectivity index (χ0v) is 12.5. The molecule has 1 rings (SSSR count). The minimum Gasteiger partial charge on any atom is -0.389 e. The average molecular weight is 257 g/mol. The number of hydrogen-bond donors (Lipinski definition) is 2. The van der Waals surface area contributed by atoms with E-state index in [9.17, 15) is 5.11 Å². The maximum atomic E-state index is 9.90. The highest BCUT2D eigenvalue weighted by Gasteiger charge is 2.20. The van der Waals surface area contributed by atoms with E-state index in [0.717, 1.165) is 25.2 Å². The molecule has 3 heteroatoms. The van der Waals surface area contributed by atoms with Gasteiger partial charge in [-0.15, -0.1) is 0 Å². The Labute approximate surface area is 112 Å². The van der Waals surface area contributed by atoms with Crippen molar-refractivity contribution < 1.29 is 9.84 Å². The third-order valence-electron chi connectivity index (χ3n) is 4.19. The van der Waals surface area contributed by atoms with Crippen LogP contribution in [0.4, 0.5) is 0 Å². The van der Waals surface area contributed by atoms with E-state index in [0.29, 0.717) is 19.3 Å². The Morgan fingerprint density at radius 1 is 1.28 bits per heavy atom. The van der Waals surface area contributed by atoms with E-state index < -0.39 is 6.10 Å². The van der Waals surface area contributed by atoms with Crippen molar-refractivity contribution in [2.24, 2.45) is 5.92 Å². The Morgan fingerprint density at radius 2 is 1.89 bits per heavy atom. The maximum absolute atomic E-state index is 9.90. The van der Waals surface area contributed by atoms with Crippen molar-refractivity contribution >= 4 is 0 Å². The molecule has 0 aromatic carbocycles. The molecule has 1 aliphatic rings. The first-order valence-corrected chi connectivity index (χ1v) is 7.47. The van der Waals surface area contributed by atoms with Gasteiger partial charge < -0.3 is 15.2 Å². The third kappa shape index (κ3) is 6.17. The first-order chi connectivity index (χ1) is 8.43. The van der Waals surface area contributed by atoms with Gasteiger partial charge in [-0.05, 0) is 51.9 Å². The predicted octanol–water partition coefficient (Wildman–Crippen LogP) is 2.72. The monoisotopic (exact) mass is 257 g/mol. The number of aliphatic hydroxyl groups is 1. The lowest BCUT2D eigenvalue weighted by Gasteiger charge is -2.29. The summed E-state index contributed by atoms with van der Waals surface area (Å²) in [5.41, 5.74) is 0.0985. The van der Waals surface area contributed by atoms with Gasteiger partial charge in [0.05, 0.1) is 18.8 Å². The summed E-state index contributed by atoms with van der Waals surface area (Å²) >= 11 is 0. The van der Waals surface area contributed by atoms with Gasteiger partial charge in [-0.1, -0.05) is 13.8 Å². The molecule has 1 fully saturated rings. The topological polar surface area (TPSA) is 41.5 Å². The van der Waals surface area contributed by atoms with Crippen LogP contribution < -0.4 is 5.32 Å². The van der Waals surface area contributed by atoms with Crippen molar-refractivity contribution in [1.82, 2.24) is 5.32 Å². The first-order valence-electron chi connectivity index (χ1n) is 7.47. The molecule has 1 unspecified atom stereocenters. The summed E-state index contributed by atoms with van der Waals surface area (Å²) in [4.78, 5) is 0. The molecular formula is C15H31NO2. The minimum atomic E-state index is -0.393. The molecule has 0 aromatic rings. The molecule has 0 radical (unpaired) electrons. The van der Waals surface area contributed by atoms with Crippen molar-refractivity contribution in [2.75, 3.05) is 13.2 Å². The van der Waals surface area contributed by atoms with Gasteiger partial charge in [0.1, 0.15) is 0 Å². The van der Waals surface area contributed by atoms with E-state index in [1.54, 1.807) is 0 Å². The normalized spacial score (nSPS) is 27.2. The van der Waals surface area contributed by atoms with Crippen LogP contribution in [0.2, 0.25) is 0 Å². The SMILES string of the molecule is CCC(C)(C)NCC(O)COC1CCC(C)CC1. The van der Waals surface area contributed by atoms with Crippen LogP contribution in [0.3, 0.4) is 0 Å². The Morgan fingerprint density at radius 3 is 2.44 bits per heavy atom. The largest absolute Gasteiger partial charge is 0.389 e. The number of hydrogen-bond acceptors (Lipinski definition) is 3. The van der Waals surface area contributed by atoms with E-state index in [4.69, 9.17) is 4.74 Å². The Hall–Kier alpha value is -0.120. The average Bonchev–Trinajstić information content (AvgIpc) is 2.36. The van der Waals surface area contributed by atoms with Crippen molar-refractivity contribution in [3.8, 4) is 0 Å². The second-order valence-electron chi connectivity index (χ2n) is 6.49. The number of β-amino-alcohol motifs (C(OH)–C–C–N with tert-alkyl or cyclic N) is 1. The van der Waals surface area contributed by atoms with Gasteiger partial charge in [0.15, 0.2) is 0 Å². The van der Waals surface area contributed by atoms with Gasteiger partial charge >= 0.3 is 0 Å². The first kappa shape index (κ1) is 15.9. The number of nitrogens with one attached hydrogen (secondary N) is 1. The molecule has 1 aliphatic carbocycles. The molecule has 1 atom stereocenters. The fourth-order valence-electron chi connectivity index (χ4n) is 2.22. The molecule has 0 heterocycles. The standard InChI is InChI=1S/C15H31NO2/c1-5-15(3,4)16-10-13(17)11-18-14-8-6-12(2)7-9-14/h12-14,16-17H,5-11H2,1-4H3. The highest BCUT2D eigenvalue weighted by molar-refractivity contribution is 4.77. The van der Waals surface area contributed by atoms with Gasteiger partial charge in [-0.3, -0.25) is 0 Å². The smallest absolute Gasteiger partial charge is 0.0898 e. The van der Waals surface area contributed by atoms with Crippen LogP contribution in [-0.2, 0) is 4.74 Å². The summed E-state index contributed by atoms with van der Waals surface area (Å²) in [6.07, 6.45) is 5.87. The van der Waals surface area contributed by atoms with Gasteiger partial charge in [0.2, 0.25) is 0 Å². The second-order valence-corrected chi connectivity index (χ2v) is 6.49. The molecule has 1 saturated carbocycles. The molecule has 108 valence electrons. The lowest BCUT2D eigenvalue weighted by Crippen LogP contribution is -2.44. The molecule has 0 bridgehead atoms. The predicted molar refractivity (Wildman–Crippen MR) is 75.8 cm³/mol. The van der Waals surface area contributed by atoms with E-state index in [-0.39, 0.29) is 5.54 Å². The Kier molecular flexibility index (Phi) is 6.61. The van der Waals surface area contributed by atoms with Crippen LogP contribution in [0.25, 0.3) is 0 Å². The van der Waals surface area contributed by atoms with Crippen molar-refractivity contribution in [2.45, 2.75) is 77.5 Å². The van der Waals surface area contributed by atoms with Gasteiger partial charge in [0, 0.05) is 12.1 Å². The van der Waals surface area contributed by atoms with Gasteiger partial charge in [0.25, 0.3) is 0 Å². The van der Waals surface area contributed by atoms with Crippen LogP contribution in [0, 0.1) is 5.92 Å². The second kappa shape index (κ2) is 7.46. The maximum Gasteiger partial charge on any atom is 0.0898 e. The molecule has 0 aromatic heterocycles. The highest BCUT2D eigenvalue weighted by atomic mass is 16.5. The van der Waals surface area contributed by atoms with Crippen molar-refractivity contribution in [3.05, 3.63) is 0 Å². The minimum absolute atomic E-state index is 0.0985. The van der Waals surface area contributed by atoms with Crippen molar-refractivity contribution in [1.29, 1.82) is 0 Å². The molecule has 0 aliphatic heterocycles. The van der Waals surface area contributed by atoms with Crippen LogP contribution in [0.15, 0.2) is 0 Å². The van der Waals surface area contributed by atoms with Crippen LogP contribution >= 0.6 is 0 Å². The summed E-state index contributed by atoms with van der Waals surface area (Å²) in [5.74, 6) is 0.849. The molecular weight excluding hydrogens is 226 g/mol. The Balaban J connectivity index is 2.11. The van der Waals surface area contributed by atoms with E-state index in [1.165, 1.54) is 12.8 Å². The molecule has 0 spiro atoms.